The molecule has 0 fully saturated rings. The van der Waals surface area contributed by atoms with E-state index in [1.54, 1.807) is 31.5 Å². The lowest BCUT2D eigenvalue weighted by atomic mass is 10.0. The lowest BCUT2D eigenvalue weighted by Crippen LogP contribution is -2.19. The first kappa shape index (κ1) is 17.3. The average Bonchev–Trinajstić information content (AvgIpc) is 2.69. The fourth-order valence-corrected chi connectivity index (χ4v) is 2.74. The van der Waals surface area contributed by atoms with E-state index in [0.29, 0.717) is 23.5 Å². The molecule has 0 atom stereocenters. The molecule has 3 rings (SSSR count). The molecule has 0 aliphatic rings. The van der Waals surface area contributed by atoms with Gasteiger partial charge < -0.3 is 9.30 Å². The number of hydrogen-bond acceptors (Lipinski definition) is 5. The Morgan fingerprint density at radius 1 is 1.19 bits per heavy atom. The molecule has 6 nitrogen and oxygen atoms in total. The molecule has 6 heteroatoms. The second kappa shape index (κ2) is 7.55. The van der Waals surface area contributed by atoms with Gasteiger partial charge in [0.15, 0.2) is 0 Å². The lowest BCUT2D eigenvalue weighted by Gasteiger charge is -2.13. The van der Waals surface area contributed by atoms with Gasteiger partial charge in [0.25, 0.3) is 5.56 Å². The predicted molar refractivity (Wildman–Crippen MR) is 98.4 cm³/mol. The Bertz CT molecular complexity index is 1030. The normalized spacial score (nSPS) is 10.2. The molecule has 0 amide bonds. The summed E-state index contributed by atoms with van der Waals surface area (Å²) >= 11 is 0. The number of nitrogens with one attached hydrogen (secondary N) is 1. The molecule has 0 bridgehead atoms. The fraction of sp³-hybridized carbons (Fsp3) is 0.100. The van der Waals surface area contributed by atoms with E-state index in [0.717, 1.165) is 16.7 Å². The molecule has 2 aromatic carbocycles. The number of ether oxygens (including phenoxy) is 1. The quantitative estimate of drug-likeness (QED) is 0.692. The molecule has 0 aliphatic heterocycles. The predicted octanol–water partition coefficient (Wildman–Crippen LogP) is 3.24. The third kappa shape index (κ3) is 3.58. The zero-order valence-corrected chi connectivity index (χ0v) is 14.1. The summed E-state index contributed by atoms with van der Waals surface area (Å²) in [6.45, 7) is 0.374. The van der Waals surface area contributed by atoms with Gasteiger partial charge in [-0.3, -0.25) is 15.5 Å². The van der Waals surface area contributed by atoms with E-state index < -0.39 is 0 Å². The van der Waals surface area contributed by atoms with Crippen LogP contribution in [0.5, 0.6) is 5.75 Å². The summed E-state index contributed by atoms with van der Waals surface area (Å²) in [6.07, 6.45) is 1.61. The molecule has 3 aromatic rings. The molecule has 0 aliphatic carbocycles. The van der Waals surface area contributed by atoms with E-state index in [1.165, 1.54) is 10.6 Å². The van der Waals surface area contributed by atoms with Crippen molar-refractivity contribution in [2.45, 2.75) is 6.54 Å². The van der Waals surface area contributed by atoms with Gasteiger partial charge in [-0.05, 0) is 41.5 Å². The first-order chi connectivity index (χ1) is 12.6. The Kier molecular flexibility index (Phi) is 5.02. The van der Waals surface area contributed by atoms with Crippen molar-refractivity contribution in [3.8, 4) is 22.9 Å². The van der Waals surface area contributed by atoms with Crippen LogP contribution in [0.2, 0.25) is 0 Å². The van der Waals surface area contributed by atoms with Crippen molar-refractivity contribution >= 4 is 5.69 Å². The highest BCUT2D eigenvalue weighted by Gasteiger charge is 2.09. The summed E-state index contributed by atoms with van der Waals surface area (Å²) in [5, 5.41) is 18.0. The maximum Gasteiger partial charge on any atom is 0.252 e. The van der Waals surface area contributed by atoms with E-state index in [1.807, 2.05) is 36.4 Å². The molecule has 1 aromatic heterocycles. The second-order valence-electron chi connectivity index (χ2n) is 5.72. The SMILES string of the molecule is COc1ccc(Cn2ccc(C#N)cc2=O)cc1-c1cccc(NO)c1. The number of methoxy groups -OCH3 is 1. The van der Waals surface area contributed by atoms with Crippen molar-refractivity contribution in [2.75, 3.05) is 12.6 Å². The minimum Gasteiger partial charge on any atom is -0.496 e. The molecule has 0 spiro atoms. The van der Waals surface area contributed by atoms with E-state index in [-0.39, 0.29) is 5.56 Å². The van der Waals surface area contributed by atoms with Crippen molar-refractivity contribution < 1.29 is 9.94 Å². The standard InChI is InChI=1S/C20H17N3O3/c1-26-19-6-5-15(13-23-8-7-14(12-21)10-20(23)24)9-18(19)16-3-2-4-17(11-16)22-25/h2-11,22,25H,13H2,1H3. The van der Waals surface area contributed by atoms with Crippen molar-refractivity contribution in [3.63, 3.8) is 0 Å². The summed E-state index contributed by atoms with van der Waals surface area (Å²) in [4.78, 5) is 12.1. The van der Waals surface area contributed by atoms with E-state index in [4.69, 9.17) is 15.2 Å². The molecule has 1 heterocycles. The number of aromatic nitrogens is 1. The molecule has 0 radical (unpaired) electrons. The van der Waals surface area contributed by atoms with E-state index in [9.17, 15) is 4.79 Å². The molecular weight excluding hydrogens is 330 g/mol. The van der Waals surface area contributed by atoms with Crippen LogP contribution in [-0.4, -0.2) is 16.9 Å². The first-order valence-corrected chi connectivity index (χ1v) is 7.92. The topological polar surface area (TPSA) is 87.3 Å². The van der Waals surface area contributed by atoms with Crippen LogP contribution >= 0.6 is 0 Å². The number of hydrogen-bond donors (Lipinski definition) is 2. The Morgan fingerprint density at radius 2 is 2.04 bits per heavy atom. The highest BCUT2D eigenvalue weighted by Crippen LogP contribution is 2.32. The summed E-state index contributed by atoms with van der Waals surface area (Å²) < 4.78 is 6.98. The number of nitrogens with zero attached hydrogens (tertiary/aromatic N) is 2. The molecule has 0 saturated carbocycles. The zero-order valence-electron chi connectivity index (χ0n) is 14.1. The zero-order chi connectivity index (χ0) is 18.5. The van der Waals surface area contributed by atoms with Crippen LogP contribution in [0.15, 0.2) is 65.6 Å². The average molecular weight is 347 g/mol. The first-order valence-electron chi connectivity index (χ1n) is 7.92. The van der Waals surface area contributed by atoms with Crippen molar-refractivity contribution in [1.82, 2.24) is 4.57 Å². The van der Waals surface area contributed by atoms with Gasteiger partial charge >= 0.3 is 0 Å². The molecule has 0 unspecified atom stereocenters. The minimum atomic E-state index is -0.229. The van der Waals surface area contributed by atoms with Crippen molar-refractivity contribution in [2.24, 2.45) is 0 Å². The van der Waals surface area contributed by atoms with Crippen LogP contribution in [0.25, 0.3) is 11.1 Å². The van der Waals surface area contributed by atoms with Gasteiger partial charge in [-0.15, -0.1) is 0 Å². The second-order valence-corrected chi connectivity index (χ2v) is 5.72. The highest BCUT2D eigenvalue weighted by molar-refractivity contribution is 5.74. The van der Waals surface area contributed by atoms with Crippen molar-refractivity contribution in [1.29, 1.82) is 5.26 Å². The van der Waals surface area contributed by atoms with Gasteiger partial charge in [0.1, 0.15) is 5.75 Å². The number of rotatable bonds is 5. The maximum atomic E-state index is 12.1. The molecule has 26 heavy (non-hydrogen) atoms. The number of nitriles is 1. The van der Waals surface area contributed by atoms with Crippen LogP contribution in [0, 0.1) is 11.3 Å². The molecule has 0 saturated heterocycles. The number of benzene rings is 2. The monoisotopic (exact) mass is 347 g/mol. The summed E-state index contributed by atoms with van der Waals surface area (Å²) in [5.74, 6) is 0.691. The number of anilines is 1. The van der Waals surface area contributed by atoms with Gasteiger partial charge in [0.2, 0.25) is 0 Å². The lowest BCUT2D eigenvalue weighted by molar-refractivity contribution is 0.389. The Labute approximate surface area is 150 Å². The smallest absolute Gasteiger partial charge is 0.252 e. The van der Waals surface area contributed by atoms with Crippen LogP contribution in [0.1, 0.15) is 11.1 Å². The van der Waals surface area contributed by atoms with Crippen LogP contribution < -0.4 is 15.8 Å². The largest absolute Gasteiger partial charge is 0.496 e. The van der Waals surface area contributed by atoms with Crippen LogP contribution in [-0.2, 0) is 6.54 Å². The maximum absolute atomic E-state index is 12.1. The summed E-state index contributed by atoms with van der Waals surface area (Å²) in [6, 6.07) is 17.9. The van der Waals surface area contributed by atoms with Gasteiger partial charge in [-0.25, -0.2) is 0 Å². The number of pyridine rings is 1. The summed E-state index contributed by atoms with van der Waals surface area (Å²) in [5.41, 5.74) is 5.45. The van der Waals surface area contributed by atoms with Gasteiger partial charge in [-0.2, -0.15) is 5.26 Å². The molecule has 2 N–H and O–H groups in total. The van der Waals surface area contributed by atoms with Crippen LogP contribution in [0.3, 0.4) is 0 Å². The van der Waals surface area contributed by atoms with Gasteiger partial charge in [0.05, 0.1) is 31.0 Å². The Hall–Kier alpha value is -3.56. The molecular formula is C20H17N3O3. The van der Waals surface area contributed by atoms with Gasteiger partial charge in [-0.1, -0.05) is 18.2 Å². The summed E-state index contributed by atoms with van der Waals surface area (Å²) in [7, 11) is 1.60. The minimum absolute atomic E-state index is 0.229. The Balaban J connectivity index is 2.00. The third-order valence-electron chi connectivity index (χ3n) is 4.04. The van der Waals surface area contributed by atoms with Crippen molar-refractivity contribution in [3.05, 3.63) is 82.3 Å². The van der Waals surface area contributed by atoms with E-state index >= 15 is 0 Å². The van der Waals surface area contributed by atoms with Crippen LogP contribution in [0.4, 0.5) is 5.69 Å². The fourth-order valence-electron chi connectivity index (χ4n) is 2.74. The third-order valence-corrected chi connectivity index (χ3v) is 4.04. The highest BCUT2D eigenvalue weighted by atomic mass is 16.5. The van der Waals surface area contributed by atoms with Gasteiger partial charge in [0, 0.05) is 17.8 Å². The Morgan fingerprint density at radius 3 is 2.73 bits per heavy atom. The molecule has 130 valence electrons. The van der Waals surface area contributed by atoms with E-state index in [2.05, 4.69) is 5.48 Å².